The van der Waals surface area contributed by atoms with E-state index in [2.05, 4.69) is 20.9 Å². The van der Waals surface area contributed by atoms with Crippen LogP contribution in [-0.2, 0) is 9.59 Å². The van der Waals surface area contributed by atoms with E-state index < -0.39 is 0 Å². The summed E-state index contributed by atoms with van der Waals surface area (Å²) >= 11 is 0. The van der Waals surface area contributed by atoms with Crippen LogP contribution in [0.1, 0.15) is 5.56 Å². The van der Waals surface area contributed by atoms with Crippen molar-refractivity contribution in [3.05, 3.63) is 23.8 Å². The van der Waals surface area contributed by atoms with Crippen molar-refractivity contribution in [2.24, 2.45) is 0 Å². The van der Waals surface area contributed by atoms with Gasteiger partial charge in [0.25, 0.3) is 0 Å². The third kappa shape index (κ3) is 5.54. The molecule has 3 N–H and O–H groups in total. The topological polar surface area (TPSA) is 82.7 Å². The average molecular weight is 320 g/mol. The monoisotopic (exact) mass is 320 g/mol. The minimum atomic E-state index is -0.275. The molecule has 0 saturated carbocycles. The zero-order valence-corrected chi connectivity index (χ0v) is 13.6. The van der Waals surface area contributed by atoms with E-state index in [0.717, 1.165) is 31.7 Å². The van der Waals surface area contributed by atoms with Crippen LogP contribution in [-0.4, -0.2) is 63.1 Å². The maximum atomic E-state index is 12.0. The molecule has 1 aromatic rings. The van der Waals surface area contributed by atoms with Crippen LogP contribution in [0.5, 0.6) is 5.75 Å². The smallest absolute Gasteiger partial charge is 0.243 e. The molecule has 1 aromatic carbocycles. The van der Waals surface area contributed by atoms with Gasteiger partial charge in [-0.1, -0.05) is 6.07 Å². The summed E-state index contributed by atoms with van der Waals surface area (Å²) in [6.07, 6.45) is 0. The molecule has 0 aromatic heterocycles. The van der Waals surface area contributed by atoms with Crippen molar-refractivity contribution in [2.45, 2.75) is 6.92 Å². The Morgan fingerprint density at radius 1 is 1.26 bits per heavy atom. The lowest BCUT2D eigenvalue weighted by Crippen LogP contribution is -2.48. The lowest BCUT2D eigenvalue weighted by Gasteiger charge is -2.26. The fourth-order valence-electron chi connectivity index (χ4n) is 2.42. The maximum Gasteiger partial charge on any atom is 0.243 e. The van der Waals surface area contributed by atoms with Gasteiger partial charge in [0.05, 0.1) is 25.9 Å². The summed E-state index contributed by atoms with van der Waals surface area (Å²) in [7, 11) is 1.55. The minimum Gasteiger partial charge on any atom is -0.495 e. The summed E-state index contributed by atoms with van der Waals surface area (Å²) < 4.78 is 5.21. The molecule has 2 rings (SSSR count). The molecule has 1 heterocycles. The van der Waals surface area contributed by atoms with Gasteiger partial charge < -0.3 is 20.7 Å². The van der Waals surface area contributed by atoms with Crippen LogP contribution in [0.4, 0.5) is 5.69 Å². The highest BCUT2D eigenvalue weighted by Gasteiger charge is 2.14. The Kier molecular flexibility index (Phi) is 6.37. The van der Waals surface area contributed by atoms with Gasteiger partial charge in [-0.3, -0.25) is 14.5 Å². The first kappa shape index (κ1) is 17.2. The quantitative estimate of drug-likeness (QED) is 0.685. The molecule has 1 aliphatic heterocycles. The van der Waals surface area contributed by atoms with Crippen LogP contribution >= 0.6 is 0 Å². The van der Waals surface area contributed by atoms with E-state index in [1.807, 2.05) is 19.1 Å². The molecule has 7 nitrogen and oxygen atoms in total. The van der Waals surface area contributed by atoms with Gasteiger partial charge in [-0.15, -0.1) is 0 Å². The largest absolute Gasteiger partial charge is 0.495 e. The Labute approximate surface area is 136 Å². The predicted molar refractivity (Wildman–Crippen MR) is 88.7 cm³/mol. The van der Waals surface area contributed by atoms with Crippen molar-refractivity contribution >= 4 is 17.5 Å². The Morgan fingerprint density at radius 3 is 2.70 bits per heavy atom. The fourth-order valence-corrected chi connectivity index (χ4v) is 2.42. The van der Waals surface area contributed by atoms with Crippen LogP contribution in [0.25, 0.3) is 0 Å². The number of amides is 2. The zero-order valence-electron chi connectivity index (χ0n) is 13.6. The fraction of sp³-hybridized carbons (Fsp3) is 0.500. The van der Waals surface area contributed by atoms with Gasteiger partial charge in [0, 0.05) is 26.2 Å². The lowest BCUT2D eigenvalue weighted by molar-refractivity contribution is -0.125. The number of piperazine rings is 1. The van der Waals surface area contributed by atoms with Gasteiger partial charge in [-0.25, -0.2) is 0 Å². The summed E-state index contributed by atoms with van der Waals surface area (Å²) in [5.41, 5.74) is 1.62. The number of anilines is 1. The van der Waals surface area contributed by atoms with Crippen molar-refractivity contribution in [1.29, 1.82) is 0 Å². The highest BCUT2D eigenvalue weighted by Crippen LogP contribution is 2.24. The Balaban J connectivity index is 1.78. The first-order valence-electron chi connectivity index (χ1n) is 7.73. The molecule has 0 spiro atoms. The molecule has 0 radical (unpaired) electrons. The molecule has 0 aliphatic carbocycles. The van der Waals surface area contributed by atoms with Crippen molar-refractivity contribution < 1.29 is 14.3 Å². The summed E-state index contributed by atoms with van der Waals surface area (Å²) in [5, 5.41) is 8.64. The molecule has 1 aliphatic rings. The van der Waals surface area contributed by atoms with E-state index in [0.29, 0.717) is 18.0 Å². The number of benzene rings is 1. The average Bonchev–Trinajstić information content (AvgIpc) is 2.54. The van der Waals surface area contributed by atoms with E-state index >= 15 is 0 Å². The molecular weight excluding hydrogens is 296 g/mol. The third-order valence-electron chi connectivity index (χ3n) is 3.65. The number of carbonyl (C=O) groups excluding carboxylic acids is 2. The molecular formula is C16H24N4O3. The molecule has 23 heavy (non-hydrogen) atoms. The van der Waals surface area contributed by atoms with Gasteiger partial charge in [0.15, 0.2) is 0 Å². The van der Waals surface area contributed by atoms with Crippen LogP contribution in [0.2, 0.25) is 0 Å². The van der Waals surface area contributed by atoms with Crippen molar-refractivity contribution in [1.82, 2.24) is 15.5 Å². The van der Waals surface area contributed by atoms with E-state index in [1.54, 1.807) is 13.2 Å². The number of hydrogen-bond acceptors (Lipinski definition) is 5. The molecule has 0 unspecified atom stereocenters. The van der Waals surface area contributed by atoms with Gasteiger partial charge in [0.1, 0.15) is 5.75 Å². The number of rotatable bonds is 6. The summed E-state index contributed by atoms with van der Waals surface area (Å²) in [6.45, 7) is 5.68. The number of aryl methyl sites for hydroxylation is 1. The van der Waals surface area contributed by atoms with E-state index in [1.165, 1.54) is 0 Å². The van der Waals surface area contributed by atoms with Crippen LogP contribution in [0.3, 0.4) is 0 Å². The van der Waals surface area contributed by atoms with Gasteiger partial charge >= 0.3 is 0 Å². The third-order valence-corrected chi connectivity index (χ3v) is 3.65. The predicted octanol–water partition coefficient (Wildman–Crippen LogP) is -0.0365. The standard InChI is InChI=1S/C16H24N4O3/c1-12-3-4-14(23-2)13(9-12)19-15(21)10-18-16(22)11-20-7-5-17-6-8-20/h3-4,9,17H,5-8,10-11H2,1-2H3,(H,18,22)(H,19,21). The van der Waals surface area contributed by atoms with Crippen LogP contribution in [0.15, 0.2) is 18.2 Å². The van der Waals surface area contributed by atoms with Crippen molar-refractivity contribution in [3.63, 3.8) is 0 Å². The van der Waals surface area contributed by atoms with E-state index in [4.69, 9.17) is 4.74 Å². The Morgan fingerprint density at radius 2 is 2.00 bits per heavy atom. The number of ether oxygens (including phenoxy) is 1. The first-order valence-corrected chi connectivity index (χ1v) is 7.73. The van der Waals surface area contributed by atoms with Gasteiger partial charge in [-0.2, -0.15) is 0 Å². The normalized spacial score (nSPS) is 15.0. The number of hydrogen-bond donors (Lipinski definition) is 3. The summed E-state index contributed by atoms with van der Waals surface area (Å²) in [5.74, 6) is 0.178. The zero-order chi connectivity index (χ0) is 16.7. The molecule has 0 bridgehead atoms. The Hall–Kier alpha value is -2.12. The van der Waals surface area contributed by atoms with Crippen LogP contribution in [0, 0.1) is 6.92 Å². The number of carbonyl (C=O) groups is 2. The lowest BCUT2D eigenvalue weighted by atomic mass is 10.2. The van der Waals surface area contributed by atoms with E-state index in [-0.39, 0.29) is 18.4 Å². The SMILES string of the molecule is COc1ccc(C)cc1NC(=O)CNC(=O)CN1CCNCC1. The molecule has 2 amide bonds. The van der Waals surface area contributed by atoms with Gasteiger partial charge in [0.2, 0.25) is 11.8 Å². The summed E-state index contributed by atoms with van der Waals surface area (Å²) in [4.78, 5) is 25.9. The number of nitrogens with one attached hydrogen (secondary N) is 3. The van der Waals surface area contributed by atoms with Crippen LogP contribution < -0.4 is 20.7 Å². The summed E-state index contributed by atoms with van der Waals surface area (Å²) in [6, 6.07) is 5.54. The highest BCUT2D eigenvalue weighted by molar-refractivity contribution is 5.96. The number of methoxy groups -OCH3 is 1. The van der Waals surface area contributed by atoms with Crippen molar-refractivity contribution in [2.75, 3.05) is 51.7 Å². The second-order valence-electron chi connectivity index (χ2n) is 5.55. The van der Waals surface area contributed by atoms with Crippen molar-refractivity contribution in [3.8, 4) is 5.75 Å². The van der Waals surface area contributed by atoms with Gasteiger partial charge in [-0.05, 0) is 24.6 Å². The molecule has 126 valence electrons. The molecule has 1 fully saturated rings. The van der Waals surface area contributed by atoms with E-state index in [9.17, 15) is 9.59 Å². The molecule has 7 heteroatoms. The second-order valence-corrected chi connectivity index (χ2v) is 5.55. The molecule has 0 atom stereocenters. The molecule has 1 saturated heterocycles. The maximum absolute atomic E-state index is 12.0. The second kappa shape index (κ2) is 8.50. The first-order chi connectivity index (χ1) is 11.1. The highest BCUT2D eigenvalue weighted by atomic mass is 16.5. The Bertz CT molecular complexity index is 556. The minimum absolute atomic E-state index is 0.0536. The number of nitrogens with zero attached hydrogens (tertiary/aromatic N) is 1.